The molecule has 0 amide bonds. The number of esters is 1. The fourth-order valence-electron chi connectivity index (χ4n) is 7.94. The second kappa shape index (κ2) is 6.38. The highest BCUT2D eigenvalue weighted by Crippen LogP contribution is 2.76. The molecule has 8 atom stereocenters. The number of Topliss-reactive ketones (excluding diaryl/α,β-unsaturated/α-hetero) is 1. The Morgan fingerprint density at radius 1 is 1.29 bits per heavy atom. The number of fused-ring (bicyclic) bond motifs is 3. The first-order chi connectivity index (χ1) is 14.5. The van der Waals surface area contributed by atoms with Gasteiger partial charge >= 0.3 is 5.97 Å². The van der Waals surface area contributed by atoms with E-state index in [1.807, 2.05) is 19.9 Å². The summed E-state index contributed by atoms with van der Waals surface area (Å²) >= 11 is 0. The Balaban J connectivity index is 1.49. The van der Waals surface area contributed by atoms with Crippen LogP contribution >= 0.6 is 0 Å². The van der Waals surface area contributed by atoms with Crippen molar-refractivity contribution in [2.24, 2.45) is 28.6 Å². The van der Waals surface area contributed by atoms with Gasteiger partial charge in [-0.15, -0.1) is 0 Å². The topological polar surface area (TPSA) is 93.2 Å². The van der Waals surface area contributed by atoms with Gasteiger partial charge in [-0.1, -0.05) is 32.4 Å². The van der Waals surface area contributed by atoms with Crippen LogP contribution < -0.4 is 0 Å². The van der Waals surface area contributed by atoms with E-state index in [1.165, 1.54) is 0 Å². The van der Waals surface area contributed by atoms with Crippen LogP contribution in [0.4, 0.5) is 0 Å². The van der Waals surface area contributed by atoms with E-state index in [9.17, 15) is 19.5 Å². The summed E-state index contributed by atoms with van der Waals surface area (Å²) < 4.78 is 11.6. The maximum atomic E-state index is 13.2. The summed E-state index contributed by atoms with van der Waals surface area (Å²) in [4.78, 5) is 36.8. The standard InChI is InChI=1S/C25H32O6/c1-5-21(28)30-13-19(27)24(29)14(2)10-18-17-7-6-15-11-16(26)8-9-22(15,3)25(17)20(31-25)12-23(18,24)4/h8-9,11,14,17-18,20,29H,5-7,10,12-13H2,1-4H3/t14-,17+,18+,20+,22+,23-,24-,25-/m1/s1. The second-order valence-corrected chi connectivity index (χ2v) is 10.7. The first-order valence-corrected chi connectivity index (χ1v) is 11.6. The summed E-state index contributed by atoms with van der Waals surface area (Å²) in [5.41, 5.74) is -1.71. The average molecular weight is 429 g/mol. The Morgan fingerprint density at radius 2 is 2.03 bits per heavy atom. The molecule has 3 saturated carbocycles. The molecule has 0 aromatic carbocycles. The number of allylic oxidation sites excluding steroid dienone is 2. The third-order valence-electron chi connectivity index (χ3n) is 9.59. The number of carbonyl (C=O) groups is 3. The van der Waals surface area contributed by atoms with Crippen LogP contribution in [0.1, 0.15) is 59.8 Å². The van der Waals surface area contributed by atoms with Crippen molar-refractivity contribution in [3.05, 3.63) is 23.8 Å². The molecule has 4 aliphatic carbocycles. The zero-order valence-corrected chi connectivity index (χ0v) is 18.8. The fourth-order valence-corrected chi connectivity index (χ4v) is 7.94. The lowest BCUT2D eigenvalue weighted by Crippen LogP contribution is -2.62. The number of rotatable bonds is 4. The zero-order chi connectivity index (χ0) is 22.4. The van der Waals surface area contributed by atoms with E-state index < -0.39 is 22.8 Å². The normalized spacial score (nSPS) is 49.3. The van der Waals surface area contributed by atoms with Crippen molar-refractivity contribution < 1.29 is 29.0 Å². The van der Waals surface area contributed by atoms with Crippen LogP contribution in [0.5, 0.6) is 0 Å². The molecule has 0 bridgehead atoms. The minimum absolute atomic E-state index is 0.0382. The minimum atomic E-state index is -1.54. The molecule has 0 aromatic heterocycles. The Hall–Kier alpha value is -1.79. The van der Waals surface area contributed by atoms with Gasteiger partial charge in [0.1, 0.15) is 11.2 Å². The third-order valence-corrected chi connectivity index (χ3v) is 9.59. The summed E-state index contributed by atoms with van der Waals surface area (Å²) in [7, 11) is 0. The summed E-state index contributed by atoms with van der Waals surface area (Å²) in [6, 6.07) is 0. The number of carbonyl (C=O) groups excluding carboxylic acids is 3. The fraction of sp³-hybridized carbons (Fsp3) is 0.720. The highest BCUT2D eigenvalue weighted by molar-refractivity contribution is 6.01. The Kier molecular flexibility index (Phi) is 4.34. The molecule has 6 nitrogen and oxygen atoms in total. The molecule has 1 heterocycles. The van der Waals surface area contributed by atoms with Crippen molar-refractivity contribution in [2.75, 3.05) is 6.61 Å². The van der Waals surface area contributed by atoms with Crippen molar-refractivity contribution in [3.8, 4) is 0 Å². The highest BCUT2D eigenvalue weighted by Gasteiger charge is 2.82. The number of ether oxygens (including phenoxy) is 2. The number of hydrogen-bond acceptors (Lipinski definition) is 6. The molecule has 4 fully saturated rings. The quantitative estimate of drug-likeness (QED) is 0.547. The van der Waals surface area contributed by atoms with Gasteiger partial charge in [0.2, 0.25) is 5.78 Å². The molecule has 31 heavy (non-hydrogen) atoms. The molecular formula is C25H32O6. The first-order valence-electron chi connectivity index (χ1n) is 11.6. The first kappa shape index (κ1) is 21.1. The average Bonchev–Trinajstić information content (AvgIpc) is 3.42. The van der Waals surface area contributed by atoms with E-state index in [0.717, 1.165) is 24.8 Å². The van der Waals surface area contributed by atoms with Crippen molar-refractivity contribution in [1.82, 2.24) is 0 Å². The van der Waals surface area contributed by atoms with Crippen LogP contribution in [-0.4, -0.2) is 46.6 Å². The van der Waals surface area contributed by atoms with Gasteiger partial charge in [-0.25, -0.2) is 0 Å². The van der Waals surface area contributed by atoms with Crippen LogP contribution in [0, 0.1) is 28.6 Å². The Labute approximate surface area is 183 Å². The number of aliphatic hydroxyl groups is 1. The maximum absolute atomic E-state index is 13.2. The lowest BCUT2D eigenvalue weighted by Gasteiger charge is -2.55. The summed E-state index contributed by atoms with van der Waals surface area (Å²) in [5, 5.41) is 11.9. The van der Waals surface area contributed by atoms with Crippen molar-refractivity contribution in [3.63, 3.8) is 0 Å². The lowest BCUT2D eigenvalue weighted by atomic mass is 9.46. The maximum Gasteiger partial charge on any atom is 0.305 e. The van der Waals surface area contributed by atoms with Gasteiger partial charge in [0.25, 0.3) is 0 Å². The SMILES string of the molecule is CCC(=O)OCC(=O)[C@]1(O)[C@H](C)C[C@H]2[C@@H]3CCC4=CC(=O)C=C[C@]4(C)[C@@]34O[C@H]4C[C@]21C. The molecule has 1 saturated heterocycles. The summed E-state index contributed by atoms with van der Waals surface area (Å²) in [5.74, 6) is -0.684. The van der Waals surface area contributed by atoms with E-state index in [1.54, 1.807) is 19.1 Å². The van der Waals surface area contributed by atoms with Gasteiger partial charge in [0.15, 0.2) is 12.4 Å². The van der Waals surface area contributed by atoms with Crippen molar-refractivity contribution in [2.45, 2.75) is 77.1 Å². The molecular weight excluding hydrogens is 396 g/mol. The van der Waals surface area contributed by atoms with Crippen LogP contribution in [0.3, 0.4) is 0 Å². The van der Waals surface area contributed by atoms with Gasteiger partial charge < -0.3 is 14.6 Å². The smallest absolute Gasteiger partial charge is 0.305 e. The van der Waals surface area contributed by atoms with Crippen LogP contribution in [0.15, 0.2) is 23.8 Å². The van der Waals surface area contributed by atoms with Gasteiger partial charge in [-0.05, 0) is 62.5 Å². The van der Waals surface area contributed by atoms with E-state index in [-0.39, 0.29) is 53.7 Å². The van der Waals surface area contributed by atoms with E-state index in [2.05, 4.69) is 6.92 Å². The van der Waals surface area contributed by atoms with E-state index in [0.29, 0.717) is 6.42 Å². The molecule has 5 aliphatic rings. The van der Waals surface area contributed by atoms with Crippen LogP contribution in [0.2, 0.25) is 0 Å². The van der Waals surface area contributed by atoms with E-state index in [4.69, 9.17) is 9.47 Å². The zero-order valence-electron chi connectivity index (χ0n) is 18.8. The second-order valence-electron chi connectivity index (χ2n) is 10.7. The molecule has 1 spiro atoms. The molecule has 0 radical (unpaired) electrons. The van der Waals surface area contributed by atoms with Gasteiger partial charge in [-0.3, -0.25) is 14.4 Å². The van der Waals surface area contributed by atoms with E-state index >= 15 is 0 Å². The van der Waals surface area contributed by atoms with Crippen molar-refractivity contribution >= 4 is 17.5 Å². The predicted molar refractivity (Wildman–Crippen MR) is 112 cm³/mol. The molecule has 0 unspecified atom stereocenters. The van der Waals surface area contributed by atoms with Gasteiger partial charge in [0.05, 0.1) is 6.10 Å². The molecule has 168 valence electrons. The molecule has 0 aromatic rings. The molecule has 1 aliphatic heterocycles. The Morgan fingerprint density at radius 3 is 2.74 bits per heavy atom. The summed E-state index contributed by atoms with van der Waals surface area (Å²) in [6.07, 6.45) is 8.65. The van der Waals surface area contributed by atoms with Gasteiger partial charge in [-0.2, -0.15) is 0 Å². The minimum Gasteiger partial charge on any atom is -0.458 e. The largest absolute Gasteiger partial charge is 0.458 e. The number of hydrogen-bond donors (Lipinski definition) is 1. The molecule has 6 heteroatoms. The van der Waals surface area contributed by atoms with Crippen molar-refractivity contribution in [1.29, 1.82) is 0 Å². The number of ketones is 2. The Bertz CT molecular complexity index is 934. The summed E-state index contributed by atoms with van der Waals surface area (Å²) in [6.45, 7) is 7.45. The number of epoxide rings is 1. The van der Waals surface area contributed by atoms with Crippen LogP contribution in [0.25, 0.3) is 0 Å². The highest BCUT2D eigenvalue weighted by atomic mass is 16.6. The van der Waals surface area contributed by atoms with Gasteiger partial charge in [0, 0.05) is 17.3 Å². The van der Waals surface area contributed by atoms with Crippen LogP contribution in [-0.2, 0) is 23.9 Å². The molecule has 5 rings (SSSR count). The lowest BCUT2D eigenvalue weighted by molar-refractivity contribution is -0.171. The predicted octanol–water partition coefficient (Wildman–Crippen LogP) is 2.93. The third kappa shape index (κ3) is 2.38. The monoisotopic (exact) mass is 428 g/mol. The molecule has 1 N–H and O–H groups in total.